The third-order valence-corrected chi connectivity index (χ3v) is 6.50. The first-order valence-electron chi connectivity index (χ1n) is 11.5. The molecule has 4 aromatic rings. The van der Waals surface area contributed by atoms with Gasteiger partial charge >= 0.3 is 5.97 Å². The van der Waals surface area contributed by atoms with Crippen molar-refractivity contribution in [2.45, 2.75) is 0 Å². The smallest absolute Gasteiger partial charge is 0.343 e. The number of rotatable bonds is 9. The minimum Gasteiger partial charge on any atom is -0.493 e. The van der Waals surface area contributed by atoms with Crippen molar-refractivity contribution in [1.29, 1.82) is 0 Å². The lowest BCUT2D eigenvalue weighted by molar-refractivity contribution is -0.117. The molecule has 0 spiro atoms. The topological polar surface area (TPSA) is 106 Å². The second kappa shape index (κ2) is 13.3. The number of amides is 2. The van der Waals surface area contributed by atoms with E-state index in [2.05, 4.69) is 31.8 Å². The number of nitrogens with zero attached hydrogens (tertiary/aromatic N) is 1. The van der Waals surface area contributed by atoms with Crippen molar-refractivity contribution in [3.63, 3.8) is 0 Å². The molecule has 0 radical (unpaired) electrons. The van der Waals surface area contributed by atoms with Gasteiger partial charge in [0.25, 0.3) is 11.8 Å². The van der Waals surface area contributed by atoms with E-state index in [1.54, 1.807) is 72.8 Å². The molecule has 4 rings (SSSR count). The van der Waals surface area contributed by atoms with Crippen LogP contribution in [0.25, 0.3) is 6.08 Å². The van der Waals surface area contributed by atoms with Crippen LogP contribution in [0.15, 0.2) is 106 Å². The molecule has 10 heteroatoms. The van der Waals surface area contributed by atoms with Crippen LogP contribution in [0.5, 0.6) is 11.5 Å². The van der Waals surface area contributed by atoms with Crippen molar-refractivity contribution < 1.29 is 23.9 Å². The highest BCUT2D eigenvalue weighted by Gasteiger charge is 2.15. The Kier molecular flexibility index (Phi) is 9.39. The van der Waals surface area contributed by atoms with Gasteiger partial charge < -0.3 is 14.8 Å². The highest BCUT2D eigenvalue weighted by Crippen LogP contribution is 2.28. The van der Waals surface area contributed by atoms with E-state index >= 15 is 0 Å². The summed E-state index contributed by atoms with van der Waals surface area (Å²) >= 11 is 4.76. The highest BCUT2D eigenvalue weighted by atomic mass is 79.9. The molecule has 196 valence electrons. The van der Waals surface area contributed by atoms with Gasteiger partial charge in [0.2, 0.25) is 0 Å². The standard InChI is InChI=1S/C29H22BrN3O5S/c1-37-26-15-19(12-13-25(26)38-29(36)21-9-5-10-22(30)16-21)18-31-33-28(35)24(17-23-11-6-14-39-23)32-27(34)20-7-3-2-4-8-20/h2-18H,1H3,(H,32,34)(H,33,35). The molecule has 0 atom stereocenters. The Labute approximate surface area is 237 Å². The molecule has 3 aromatic carbocycles. The van der Waals surface area contributed by atoms with E-state index in [0.29, 0.717) is 22.4 Å². The maximum atomic E-state index is 12.9. The Morgan fingerprint density at radius 2 is 1.69 bits per heavy atom. The number of nitrogens with one attached hydrogen (secondary N) is 2. The fourth-order valence-corrected chi connectivity index (χ4v) is 4.36. The van der Waals surface area contributed by atoms with E-state index in [9.17, 15) is 14.4 Å². The van der Waals surface area contributed by atoms with Crippen LogP contribution in [0.2, 0.25) is 0 Å². The average molecular weight is 604 g/mol. The van der Waals surface area contributed by atoms with Crippen molar-refractivity contribution in [2.24, 2.45) is 5.10 Å². The number of esters is 1. The maximum Gasteiger partial charge on any atom is 0.343 e. The number of thiophene rings is 1. The zero-order valence-electron chi connectivity index (χ0n) is 20.6. The molecular formula is C29H22BrN3O5S. The summed E-state index contributed by atoms with van der Waals surface area (Å²) in [5.41, 5.74) is 3.84. The van der Waals surface area contributed by atoms with Gasteiger partial charge in [-0.25, -0.2) is 10.2 Å². The van der Waals surface area contributed by atoms with E-state index in [0.717, 1.165) is 9.35 Å². The van der Waals surface area contributed by atoms with Crippen LogP contribution in [-0.4, -0.2) is 31.1 Å². The normalized spacial score (nSPS) is 11.2. The minimum absolute atomic E-state index is 0.0378. The van der Waals surface area contributed by atoms with Crippen LogP contribution in [0, 0.1) is 0 Å². The van der Waals surface area contributed by atoms with Gasteiger partial charge in [0, 0.05) is 14.9 Å². The molecule has 0 aliphatic rings. The predicted octanol–water partition coefficient (Wildman–Crippen LogP) is 5.66. The summed E-state index contributed by atoms with van der Waals surface area (Å²) in [4.78, 5) is 38.8. The minimum atomic E-state index is -0.601. The first-order valence-corrected chi connectivity index (χ1v) is 13.2. The number of carbonyl (C=O) groups excluding carboxylic acids is 3. The monoisotopic (exact) mass is 603 g/mol. The van der Waals surface area contributed by atoms with Crippen LogP contribution < -0.4 is 20.2 Å². The Bertz CT molecular complexity index is 1540. The molecule has 0 aliphatic heterocycles. The molecule has 39 heavy (non-hydrogen) atoms. The van der Waals surface area contributed by atoms with Crippen molar-refractivity contribution in [2.75, 3.05) is 7.11 Å². The molecule has 2 N–H and O–H groups in total. The summed E-state index contributed by atoms with van der Waals surface area (Å²) in [5, 5.41) is 8.53. The highest BCUT2D eigenvalue weighted by molar-refractivity contribution is 9.10. The van der Waals surface area contributed by atoms with E-state index < -0.39 is 17.8 Å². The van der Waals surface area contributed by atoms with Crippen molar-refractivity contribution in [3.8, 4) is 11.5 Å². The number of ether oxygens (including phenoxy) is 2. The SMILES string of the molecule is COc1cc(C=NNC(=O)C(=Cc2cccs2)NC(=O)c2ccccc2)ccc1OC(=O)c1cccc(Br)c1. The Morgan fingerprint density at radius 1 is 0.897 bits per heavy atom. The molecule has 1 aromatic heterocycles. The van der Waals surface area contributed by atoms with Crippen LogP contribution >= 0.6 is 27.3 Å². The van der Waals surface area contributed by atoms with Gasteiger partial charge in [0.1, 0.15) is 5.70 Å². The Morgan fingerprint density at radius 3 is 2.41 bits per heavy atom. The zero-order chi connectivity index (χ0) is 27.6. The van der Waals surface area contributed by atoms with Gasteiger partial charge in [-0.1, -0.05) is 46.3 Å². The fraction of sp³-hybridized carbons (Fsp3) is 0.0345. The molecule has 8 nitrogen and oxygen atoms in total. The molecule has 1 heterocycles. The summed E-state index contributed by atoms with van der Waals surface area (Å²) in [6.07, 6.45) is 2.98. The Hall–Kier alpha value is -4.54. The first kappa shape index (κ1) is 27.5. The quantitative estimate of drug-likeness (QED) is 0.0844. The molecule has 0 saturated carbocycles. The average Bonchev–Trinajstić information content (AvgIpc) is 3.47. The van der Waals surface area contributed by atoms with E-state index in [4.69, 9.17) is 9.47 Å². The molecule has 0 fully saturated rings. The second-order valence-corrected chi connectivity index (χ2v) is 9.80. The second-order valence-electron chi connectivity index (χ2n) is 7.90. The molecule has 0 unspecified atom stereocenters. The molecular weight excluding hydrogens is 582 g/mol. The van der Waals surface area contributed by atoms with E-state index in [1.807, 2.05) is 23.6 Å². The Balaban J connectivity index is 1.45. The van der Waals surface area contributed by atoms with Crippen LogP contribution in [0.4, 0.5) is 0 Å². The van der Waals surface area contributed by atoms with Crippen molar-refractivity contribution in [3.05, 3.63) is 122 Å². The number of methoxy groups -OCH3 is 1. The largest absolute Gasteiger partial charge is 0.493 e. The molecule has 0 bridgehead atoms. The van der Waals surface area contributed by atoms with Gasteiger partial charge in [-0.05, 0) is 71.6 Å². The van der Waals surface area contributed by atoms with Crippen LogP contribution in [-0.2, 0) is 4.79 Å². The third kappa shape index (κ3) is 7.73. The van der Waals surface area contributed by atoms with Crippen molar-refractivity contribution in [1.82, 2.24) is 10.7 Å². The lowest BCUT2D eigenvalue weighted by Crippen LogP contribution is -2.32. The third-order valence-electron chi connectivity index (χ3n) is 5.19. The summed E-state index contributed by atoms with van der Waals surface area (Å²) < 4.78 is 11.6. The van der Waals surface area contributed by atoms with Crippen LogP contribution in [0.1, 0.15) is 31.2 Å². The van der Waals surface area contributed by atoms with Crippen molar-refractivity contribution >= 4 is 57.3 Å². The summed E-state index contributed by atoms with van der Waals surface area (Å²) in [6, 6.07) is 23.9. The number of hydrogen-bond donors (Lipinski definition) is 2. The fourth-order valence-electron chi connectivity index (χ4n) is 3.31. The summed E-state index contributed by atoms with van der Waals surface area (Å²) in [6.45, 7) is 0. The number of carbonyl (C=O) groups is 3. The molecule has 2 amide bonds. The molecule has 0 aliphatic carbocycles. The number of hydrazone groups is 1. The lowest BCUT2D eigenvalue weighted by Gasteiger charge is -2.10. The van der Waals surface area contributed by atoms with E-state index in [-0.39, 0.29) is 11.4 Å². The van der Waals surface area contributed by atoms with Gasteiger partial charge in [0.15, 0.2) is 11.5 Å². The number of hydrogen-bond acceptors (Lipinski definition) is 7. The summed E-state index contributed by atoms with van der Waals surface area (Å²) in [7, 11) is 1.45. The van der Waals surface area contributed by atoms with Gasteiger partial charge in [-0.3, -0.25) is 9.59 Å². The van der Waals surface area contributed by atoms with Gasteiger partial charge in [-0.15, -0.1) is 11.3 Å². The van der Waals surface area contributed by atoms with Gasteiger partial charge in [-0.2, -0.15) is 5.10 Å². The number of benzene rings is 3. The first-order chi connectivity index (χ1) is 18.9. The number of halogens is 1. The zero-order valence-corrected chi connectivity index (χ0v) is 23.0. The predicted molar refractivity (Wildman–Crippen MR) is 154 cm³/mol. The molecule has 0 saturated heterocycles. The maximum absolute atomic E-state index is 12.9. The summed E-state index contributed by atoms with van der Waals surface area (Å²) in [5.74, 6) is -1.02. The van der Waals surface area contributed by atoms with Gasteiger partial charge in [0.05, 0.1) is 18.9 Å². The van der Waals surface area contributed by atoms with Crippen LogP contribution in [0.3, 0.4) is 0 Å². The van der Waals surface area contributed by atoms with E-state index in [1.165, 1.54) is 24.7 Å². The lowest BCUT2D eigenvalue weighted by atomic mass is 10.2.